The molecule has 2 rings (SSSR count). The van der Waals surface area contributed by atoms with Gasteiger partial charge in [0, 0.05) is 0 Å². The van der Waals surface area contributed by atoms with Crippen LogP contribution in [0.2, 0.25) is 5.02 Å². The Kier molecular flexibility index (Phi) is 4.26. The molecule has 0 radical (unpaired) electrons. The quantitative estimate of drug-likeness (QED) is 0.746. The van der Waals surface area contributed by atoms with Crippen molar-refractivity contribution in [3.05, 3.63) is 53.8 Å². The summed E-state index contributed by atoms with van der Waals surface area (Å²) in [6, 6.07) is 6.14. The van der Waals surface area contributed by atoms with Crippen molar-refractivity contribution in [2.24, 2.45) is 5.73 Å². The minimum absolute atomic E-state index is 0.0865. The maximum atomic E-state index is 13.1. The molecule has 2 aromatic rings. The molecule has 1 aromatic carbocycles. The summed E-state index contributed by atoms with van der Waals surface area (Å²) in [5, 5.41) is 0.0865. The van der Waals surface area contributed by atoms with Crippen LogP contribution in [0.3, 0.4) is 0 Å². The molecule has 0 amide bonds. The average molecular weight is 400 g/mol. The number of nitrogens with two attached hydrogens (primary N) is 1. The number of rotatable bonds is 2. The van der Waals surface area contributed by atoms with E-state index in [2.05, 4.69) is 31.9 Å². The predicted molar refractivity (Wildman–Crippen MR) is 77.2 cm³/mol. The van der Waals surface area contributed by atoms with E-state index >= 15 is 0 Å². The molecule has 0 spiro atoms. The second-order valence-corrected chi connectivity index (χ2v) is 7.59. The van der Waals surface area contributed by atoms with Crippen molar-refractivity contribution in [2.75, 3.05) is 0 Å². The monoisotopic (exact) mass is 397 g/mol. The van der Waals surface area contributed by atoms with Crippen molar-refractivity contribution in [1.82, 2.24) is 0 Å². The maximum absolute atomic E-state index is 13.1. The Bertz CT molecular complexity index is 558. The Morgan fingerprint density at radius 2 is 2.00 bits per heavy atom. The molecular formula is C11H7Br2ClFNS. The highest BCUT2D eigenvalue weighted by molar-refractivity contribution is 9.12. The Morgan fingerprint density at radius 1 is 1.29 bits per heavy atom. The van der Waals surface area contributed by atoms with Gasteiger partial charge in [-0.1, -0.05) is 17.7 Å². The van der Waals surface area contributed by atoms with E-state index in [1.165, 1.54) is 6.07 Å². The van der Waals surface area contributed by atoms with Gasteiger partial charge in [-0.15, -0.1) is 11.3 Å². The van der Waals surface area contributed by atoms with Crippen molar-refractivity contribution >= 4 is 54.8 Å². The van der Waals surface area contributed by atoms with Gasteiger partial charge in [0.1, 0.15) is 5.82 Å². The first-order valence-electron chi connectivity index (χ1n) is 4.64. The van der Waals surface area contributed by atoms with Gasteiger partial charge in [-0.05, 0) is 61.2 Å². The first kappa shape index (κ1) is 13.5. The highest BCUT2D eigenvalue weighted by Crippen LogP contribution is 2.37. The minimum atomic E-state index is -0.437. The third-order valence-corrected chi connectivity index (χ3v) is 5.00. The van der Waals surface area contributed by atoms with E-state index in [9.17, 15) is 4.39 Å². The molecule has 0 saturated heterocycles. The number of thiophene rings is 1. The molecule has 1 atom stereocenters. The van der Waals surface area contributed by atoms with Crippen molar-refractivity contribution in [3.8, 4) is 0 Å². The largest absolute Gasteiger partial charge is 0.320 e. The lowest BCUT2D eigenvalue weighted by Crippen LogP contribution is -2.11. The number of halogens is 4. The fourth-order valence-electron chi connectivity index (χ4n) is 1.45. The molecule has 0 aliphatic rings. The van der Waals surface area contributed by atoms with Gasteiger partial charge in [0.25, 0.3) is 0 Å². The van der Waals surface area contributed by atoms with Crippen LogP contribution in [0.5, 0.6) is 0 Å². The van der Waals surface area contributed by atoms with Crippen LogP contribution < -0.4 is 5.73 Å². The first-order valence-corrected chi connectivity index (χ1v) is 7.42. The summed E-state index contributed by atoms with van der Waals surface area (Å²) < 4.78 is 15.0. The lowest BCUT2D eigenvalue weighted by atomic mass is 10.0. The summed E-state index contributed by atoms with van der Waals surface area (Å²) in [7, 11) is 0. The highest BCUT2D eigenvalue weighted by atomic mass is 79.9. The van der Waals surface area contributed by atoms with Gasteiger partial charge in [-0.25, -0.2) is 4.39 Å². The molecule has 1 nitrogen and oxygen atoms in total. The number of hydrogen-bond donors (Lipinski definition) is 1. The molecule has 90 valence electrons. The van der Waals surface area contributed by atoms with E-state index in [0.29, 0.717) is 0 Å². The zero-order valence-corrected chi connectivity index (χ0v) is 13.1. The predicted octanol–water partition coefficient (Wildman–Crippen LogP) is 5.11. The summed E-state index contributed by atoms with van der Waals surface area (Å²) in [6.07, 6.45) is 0. The van der Waals surface area contributed by atoms with Crippen LogP contribution in [0.25, 0.3) is 0 Å². The Labute approximate surface area is 124 Å². The van der Waals surface area contributed by atoms with Crippen LogP contribution in [0.15, 0.2) is 31.8 Å². The van der Waals surface area contributed by atoms with E-state index in [1.54, 1.807) is 23.5 Å². The van der Waals surface area contributed by atoms with Crippen LogP contribution in [0.4, 0.5) is 4.39 Å². The molecule has 6 heteroatoms. The van der Waals surface area contributed by atoms with Gasteiger partial charge in [-0.3, -0.25) is 0 Å². The lowest BCUT2D eigenvalue weighted by molar-refractivity contribution is 0.627. The second-order valence-electron chi connectivity index (χ2n) is 3.43. The smallest absolute Gasteiger partial charge is 0.141 e. The molecular weight excluding hydrogens is 392 g/mol. The second kappa shape index (κ2) is 5.36. The standard InChI is InChI=1S/C11H7Br2ClFNS/c12-9-4-6(11(13)17-9)10(16)5-1-2-8(15)7(14)3-5/h1-4,10H,16H2. The maximum Gasteiger partial charge on any atom is 0.141 e. The van der Waals surface area contributed by atoms with Crippen molar-refractivity contribution in [1.29, 1.82) is 0 Å². The zero-order valence-electron chi connectivity index (χ0n) is 8.38. The van der Waals surface area contributed by atoms with E-state index < -0.39 is 5.82 Å². The topological polar surface area (TPSA) is 26.0 Å². The summed E-state index contributed by atoms with van der Waals surface area (Å²) >= 11 is 14.1. The van der Waals surface area contributed by atoms with Crippen LogP contribution >= 0.6 is 54.8 Å². The summed E-state index contributed by atoms with van der Waals surface area (Å²) in [5.41, 5.74) is 7.85. The average Bonchev–Trinajstić information content (AvgIpc) is 2.61. The van der Waals surface area contributed by atoms with Crippen LogP contribution in [0, 0.1) is 5.82 Å². The molecule has 1 heterocycles. The molecule has 1 aromatic heterocycles. The van der Waals surface area contributed by atoms with Crippen LogP contribution in [-0.4, -0.2) is 0 Å². The van der Waals surface area contributed by atoms with E-state index in [1.807, 2.05) is 6.07 Å². The normalized spacial score (nSPS) is 12.8. The van der Waals surface area contributed by atoms with Gasteiger partial charge < -0.3 is 5.73 Å². The fourth-order valence-corrected chi connectivity index (χ4v) is 4.57. The Hall–Kier alpha value is 0.0600. The molecule has 0 fully saturated rings. The molecule has 0 aliphatic carbocycles. The van der Waals surface area contributed by atoms with Gasteiger partial charge >= 0.3 is 0 Å². The zero-order chi connectivity index (χ0) is 12.6. The summed E-state index contributed by atoms with van der Waals surface area (Å²) in [5.74, 6) is -0.437. The molecule has 1 unspecified atom stereocenters. The number of hydrogen-bond acceptors (Lipinski definition) is 2. The molecule has 2 N–H and O–H groups in total. The van der Waals surface area contributed by atoms with Crippen LogP contribution in [-0.2, 0) is 0 Å². The van der Waals surface area contributed by atoms with Gasteiger partial charge in [0.2, 0.25) is 0 Å². The van der Waals surface area contributed by atoms with Gasteiger partial charge in [0.05, 0.1) is 18.6 Å². The molecule has 17 heavy (non-hydrogen) atoms. The minimum Gasteiger partial charge on any atom is -0.320 e. The molecule has 0 bridgehead atoms. The van der Waals surface area contributed by atoms with E-state index in [4.69, 9.17) is 17.3 Å². The third-order valence-electron chi connectivity index (χ3n) is 2.32. The Balaban J connectivity index is 2.40. The molecule has 0 aliphatic heterocycles. The van der Waals surface area contributed by atoms with E-state index in [0.717, 1.165) is 18.7 Å². The summed E-state index contributed by atoms with van der Waals surface area (Å²) in [4.78, 5) is 0. The Morgan fingerprint density at radius 3 is 2.53 bits per heavy atom. The summed E-state index contributed by atoms with van der Waals surface area (Å²) in [6.45, 7) is 0. The fraction of sp³-hybridized carbons (Fsp3) is 0.0909. The highest BCUT2D eigenvalue weighted by Gasteiger charge is 2.16. The molecule has 0 saturated carbocycles. The van der Waals surface area contributed by atoms with Crippen molar-refractivity contribution in [2.45, 2.75) is 6.04 Å². The van der Waals surface area contributed by atoms with Gasteiger partial charge in [-0.2, -0.15) is 0 Å². The third kappa shape index (κ3) is 2.90. The lowest BCUT2D eigenvalue weighted by Gasteiger charge is -2.11. The van der Waals surface area contributed by atoms with Crippen LogP contribution in [0.1, 0.15) is 17.2 Å². The van der Waals surface area contributed by atoms with Crippen molar-refractivity contribution in [3.63, 3.8) is 0 Å². The van der Waals surface area contributed by atoms with Crippen molar-refractivity contribution < 1.29 is 4.39 Å². The van der Waals surface area contributed by atoms with E-state index in [-0.39, 0.29) is 11.1 Å². The SMILES string of the molecule is NC(c1ccc(F)c(Cl)c1)c1cc(Br)sc1Br. The first-order chi connectivity index (χ1) is 7.99. The van der Waals surface area contributed by atoms with Gasteiger partial charge in [0.15, 0.2) is 0 Å². The number of benzene rings is 1.